The summed E-state index contributed by atoms with van der Waals surface area (Å²) in [6, 6.07) is 0. The third-order valence-electron chi connectivity index (χ3n) is 3.72. The van der Waals surface area contributed by atoms with Crippen molar-refractivity contribution in [1.82, 2.24) is 14.7 Å². The van der Waals surface area contributed by atoms with E-state index in [4.69, 9.17) is 11.6 Å². The Labute approximate surface area is 102 Å². The molecule has 0 aromatic carbocycles. The molecule has 0 amide bonds. The Morgan fingerprint density at radius 1 is 1.31 bits per heavy atom. The summed E-state index contributed by atoms with van der Waals surface area (Å²) in [5.41, 5.74) is 2.24. The minimum Gasteiger partial charge on any atom is -0.298 e. The van der Waals surface area contributed by atoms with Crippen molar-refractivity contribution >= 4 is 11.6 Å². The van der Waals surface area contributed by atoms with Crippen molar-refractivity contribution in [3.8, 4) is 0 Å². The molecule has 3 nitrogen and oxygen atoms in total. The van der Waals surface area contributed by atoms with E-state index in [-0.39, 0.29) is 0 Å². The van der Waals surface area contributed by atoms with Gasteiger partial charge >= 0.3 is 0 Å². The Balaban J connectivity index is 2.10. The summed E-state index contributed by atoms with van der Waals surface area (Å²) in [7, 11) is 1.90. The molecule has 1 aromatic rings. The topological polar surface area (TPSA) is 21.1 Å². The molecule has 2 heterocycles. The Kier molecular flexibility index (Phi) is 3.27. The van der Waals surface area contributed by atoms with Crippen LogP contribution in [0.2, 0.25) is 5.15 Å². The van der Waals surface area contributed by atoms with Gasteiger partial charge in [-0.1, -0.05) is 25.4 Å². The number of aromatic nitrogens is 2. The number of hydrogen-bond donors (Lipinski definition) is 0. The Bertz CT molecular complexity index is 376. The monoisotopic (exact) mass is 241 g/mol. The summed E-state index contributed by atoms with van der Waals surface area (Å²) in [5.74, 6) is 1.58. The van der Waals surface area contributed by atoms with Gasteiger partial charge in [0.2, 0.25) is 0 Å². The maximum atomic E-state index is 6.24. The quantitative estimate of drug-likeness (QED) is 0.793. The van der Waals surface area contributed by atoms with Crippen molar-refractivity contribution in [3.05, 3.63) is 16.4 Å². The van der Waals surface area contributed by atoms with Crippen LogP contribution in [0.25, 0.3) is 0 Å². The summed E-state index contributed by atoms with van der Waals surface area (Å²) in [6.45, 7) is 9.96. The molecule has 90 valence electrons. The second-order valence-corrected chi connectivity index (χ2v) is 5.49. The van der Waals surface area contributed by atoms with Gasteiger partial charge in [-0.15, -0.1) is 0 Å². The molecule has 16 heavy (non-hydrogen) atoms. The van der Waals surface area contributed by atoms with Crippen molar-refractivity contribution < 1.29 is 0 Å². The highest BCUT2D eigenvalue weighted by Gasteiger charge is 2.27. The first kappa shape index (κ1) is 11.9. The average Bonchev–Trinajstić information content (AvgIpc) is 2.63. The van der Waals surface area contributed by atoms with Gasteiger partial charge in [0.25, 0.3) is 0 Å². The molecule has 1 aliphatic heterocycles. The molecular formula is C12H20ClN3. The molecule has 0 N–H and O–H groups in total. The van der Waals surface area contributed by atoms with Gasteiger partial charge < -0.3 is 0 Å². The first-order valence-corrected chi connectivity index (χ1v) is 6.27. The molecule has 2 rings (SSSR count). The zero-order chi connectivity index (χ0) is 11.9. The fourth-order valence-corrected chi connectivity index (χ4v) is 2.69. The first-order valence-electron chi connectivity index (χ1n) is 5.89. The second-order valence-electron chi connectivity index (χ2n) is 5.13. The van der Waals surface area contributed by atoms with Gasteiger partial charge in [-0.2, -0.15) is 5.10 Å². The zero-order valence-electron chi connectivity index (χ0n) is 10.5. The van der Waals surface area contributed by atoms with E-state index < -0.39 is 0 Å². The maximum absolute atomic E-state index is 6.24. The predicted molar refractivity (Wildman–Crippen MR) is 66.6 cm³/mol. The van der Waals surface area contributed by atoms with Gasteiger partial charge in [0.1, 0.15) is 5.15 Å². The molecule has 0 radical (unpaired) electrons. The molecule has 0 spiro atoms. The van der Waals surface area contributed by atoms with Crippen molar-refractivity contribution in [2.75, 3.05) is 13.1 Å². The number of nitrogens with zero attached hydrogens (tertiary/aromatic N) is 3. The van der Waals surface area contributed by atoms with Gasteiger partial charge in [0, 0.05) is 32.2 Å². The lowest BCUT2D eigenvalue weighted by Crippen LogP contribution is -2.20. The van der Waals surface area contributed by atoms with Crippen LogP contribution >= 0.6 is 11.6 Å². The molecule has 0 saturated carbocycles. The van der Waals surface area contributed by atoms with E-state index in [1.807, 2.05) is 14.0 Å². The van der Waals surface area contributed by atoms with Crippen LogP contribution in [0.3, 0.4) is 0 Å². The van der Waals surface area contributed by atoms with E-state index in [1.165, 1.54) is 18.7 Å². The number of aryl methyl sites for hydroxylation is 2. The summed E-state index contributed by atoms with van der Waals surface area (Å²) < 4.78 is 1.76. The molecule has 1 saturated heterocycles. The minimum absolute atomic E-state index is 0.782. The van der Waals surface area contributed by atoms with Crippen LogP contribution < -0.4 is 0 Å². The normalized spacial score (nSPS) is 26.6. The molecule has 0 aliphatic carbocycles. The Morgan fingerprint density at radius 3 is 2.31 bits per heavy atom. The van der Waals surface area contributed by atoms with Gasteiger partial charge in [-0.05, 0) is 18.8 Å². The molecule has 4 heteroatoms. The number of halogens is 1. The summed E-state index contributed by atoms with van der Waals surface area (Å²) in [5, 5.41) is 5.13. The van der Waals surface area contributed by atoms with E-state index >= 15 is 0 Å². The van der Waals surface area contributed by atoms with Gasteiger partial charge in [0.15, 0.2) is 0 Å². The third-order valence-corrected chi connectivity index (χ3v) is 4.19. The SMILES string of the molecule is Cc1nn(C)c(Cl)c1CN1CC(C)C(C)C1. The largest absolute Gasteiger partial charge is 0.298 e. The van der Waals surface area contributed by atoms with E-state index in [1.54, 1.807) is 4.68 Å². The lowest BCUT2D eigenvalue weighted by Gasteiger charge is -2.15. The lowest BCUT2D eigenvalue weighted by atomic mass is 10.0. The number of hydrogen-bond acceptors (Lipinski definition) is 2. The van der Waals surface area contributed by atoms with E-state index in [0.29, 0.717) is 0 Å². The van der Waals surface area contributed by atoms with Crippen LogP contribution in [0.5, 0.6) is 0 Å². The predicted octanol–water partition coefficient (Wildman–Crippen LogP) is 2.47. The van der Waals surface area contributed by atoms with Crippen LogP contribution in [0.1, 0.15) is 25.1 Å². The average molecular weight is 242 g/mol. The van der Waals surface area contributed by atoms with Crippen molar-refractivity contribution in [3.63, 3.8) is 0 Å². The van der Waals surface area contributed by atoms with Crippen LogP contribution in [0.4, 0.5) is 0 Å². The molecule has 1 aromatic heterocycles. The first-order chi connectivity index (χ1) is 7.49. The van der Waals surface area contributed by atoms with E-state index in [9.17, 15) is 0 Å². The third kappa shape index (κ3) is 2.11. The van der Waals surface area contributed by atoms with E-state index in [0.717, 1.165) is 29.2 Å². The van der Waals surface area contributed by atoms with Gasteiger partial charge in [0.05, 0.1) is 5.69 Å². The van der Waals surface area contributed by atoms with E-state index in [2.05, 4.69) is 23.8 Å². The molecule has 1 aliphatic rings. The van der Waals surface area contributed by atoms with Crippen molar-refractivity contribution in [2.45, 2.75) is 27.3 Å². The highest BCUT2D eigenvalue weighted by molar-refractivity contribution is 6.30. The number of rotatable bonds is 2. The highest BCUT2D eigenvalue weighted by atomic mass is 35.5. The molecule has 2 unspecified atom stereocenters. The molecule has 1 fully saturated rings. The Hall–Kier alpha value is -0.540. The van der Waals surface area contributed by atoms with Gasteiger partial charge in [-0.25, -0.2) is 0 Å². The van der Waals surface area contributed by atoms with Crippen molar-refractivity contribution in [1.29, 1.82) is 0 Å². The zero-order valence-corrected chi connectivity index (χ0v) is 11.3. The van der Waals surface area contributed by atoms with Crippen molar-refractivity contribution in [2.24, 2.45) is 18.9 Å². The fourth-order valence-electron chi connectivity index (χ4n) is 2.46. The minimum atomic E-state index is 0.782. The molecule has 2 atom stereocenters. The molecular weight excluding hydrogens is 222 g/mol. The van der Waals surface area contributed by atoms with Crippen LogP contribution in [0.15, 0.2) is 0 Å². The second kappa shape index (κ2) is 4.38. The van der Waals surface area contributed by atoms with Crippen LogP contribution in [0, 0.1) is 18.8 Å². The highest BCUT2D eigenvalue weighted by Crippen LogP contribution is 2.27. The molecule has 0 bridgehead atoms. The lowest BCUT2D eigenvalue weighted by molar-refractivity contribution is 0.315. The number of likely N-dealkylation sites (tertiary alicyclic amines) is 1. The van der Waals surface area contributed by atoms with Crippen LogP contribution in [-0.4, -0.2) is 27.8 Å². The fraction of sp³-hybridized carbons (Fsp3) is 0.750. The van der Waals surface area contributed by atoms with Gasteiger partial charge in [-0.3, -0.25) is 9.58 Å². The van der Waals surface area contributed by atoms with Crippen LogP contribution in [-0.2, 0) is 13.6 Å². The summed E-state index contributed by atoms with van der Waals surface area (Å²) in [6.07, 6.45) is 0. The maximum Gasteiger partial charge on any atom is 0.131 e. The Morgan fingerprint density at radius 2 is 1.88 bits per heavy atom. The summed E-state index contributed by atoms with van der Waals surface area (Å²) in [4.78, 5) is 2.48. The summed E-state index contributed by atoms with van der Waals surface area (Å²) >= 11 is 6.24. The standard InChI is InChI=1S/C12H20ClN3/c1-8-5-16(6-9(8)2)7-11-10(3)14-15(4)12(11)13/h8-9H,5-7H2,1-4H3. The smallest absolute Gasteiger partial charge is 0.131 e.